The number of hydrogen-bond donors (Lipinski definition) is 1. The molecule has 4 aromatic rings. The normalized spacial score (nSPS) is 11.2. The zero-order valence-electron chi connectivity index (χ0n) is 15.2. The first-order valence-electron chi connectivity index (χ1n) is 8.94. The molecule has 1 aromatic heterocycles. The van der Waals surface area contributed by atoms with E-state index in [9.17, 15) is 4.79 Å². The Hall–Kier alpha value is -3.08. The van der Waals surface area contributed by atoms with Gasteiger partial charge in [0.15, 0.2) is 0 Å². The maximum Gasteiger partial charge on any atom is 0.244 e. The summed E-state index contributed by atoms with van der Waals surface area (Å²) in [5.74, 6) is 0.852. The highest BCUT2D eigenvalue weighted by Crippen LogP contribution is 2.31. The number of hydrogen-bond acceptors (Lipinski definition) is 3. The van der Waals surface area contributed by atoms with Gasteiger partial charge in [-0.2, -0.15) is 5.10 Å². The standard InChI is InChI=1S/C23H16Cl2N2O2/c24-17-8-10-21(25)20(13-17)22-11-9-18(29-22)14-26-27-23(28)12-16-6-3-5-15-4-1-2-7-19(15)16/h1-11,13-14H,12H2,(H,27,28)/b26-14-. The van der Waals surface area contributed by atoms with Crippen LogP contribution in [0.2, 0.25) is 10.0 Å². The lowest BCUT2D eigenvalue weighted by Crippen LogP contribution is -2.19. The van der Waals surface area contributed by atoms with E-state index in [1.807, 2.05) is 42.5 Å². The lowest BCUT2D eigenvalue weighted by Gasteiger charge is -2.05. The van der Waals surface area contributed by atoms with Gasteiger partial charge in [-0.1, -0.05) is 65.7 Å². The minimum Gasteiger partial charge on any atom is -0.455 e. The van der Waals surface area contributed by atoms with Crippen LogP contribution >= 0.6 is 23.2 Å². The molecule has 144 valence electrons. The fourth-order valence-corrected chi connectivity index (χ4v) is 3.46. The summed E-state index contributed by atoms with van der Waals surface area (Å²) in [7, 11) is 0. The van der Waals surface area contributed by atoms with E-state index in [1.165, 1.54) is 6.21 Å². The summed E-state index contributed by atoms with van der Waals surface area (Å²) in [6.45, 7) is 0. The van der Waals surface area contributed by atoms with Crippen molar-refractivity contribution >= 4 is 46.1 Å². The largest absolute Gasteiger partial charge is 0.455 e. The first kappa shape index (κ1) is 19.2. The van der Waals surface area contributed by atoms with E-state index in [4.69, 9.17) is 27.6 Å². The van der Waals surface area contributed by atoms with Crippen molar-refractivity contribution in [2.45, 2.75) is 6.42 Å². The maximum absolute atomic E-state index is 12.3. The molecule has 1 heterocycles. The maximum atomic E-state index is 12.3. The molecule has 0 bridgehead atoms. The Morgan fingerprint density at radius 2 is 1.83 bits per heavy atom. The van der Waals surface area contributed by atoms with Crippen molar-refractivity contribution in [3.8, 4) is 11.3 Å². The lowest BCUT2D eigenvalue weighted by atomic mass is 10.0. The van der Waals surface area contributed by atoms with Crippen molar-refractivity contribution in [2.75, 3.05) is 0 Å². The molecule has 3 aromatic carbocycles. The molecule has 4 rings (SSSR count). The van der Waals surface area contributed by atoms with Crippen molar-refractivity contribution in [1.29, 1.82) is 0 Å². The zero-order chi connectivity index (χ0) is 20.2. The van der Waals surface area contributed by atoms with Crippen LogP contribution < -0.4 is 5.43 Å². The van der Waals surface area contributed by atoms with Crippen LogP contribution in [0.5, 0.6) is 0 Å². The van der Waals surface area contributed by atoms with E-state index in [-0.39, 0.29) is 12.3 Å². The van der Waals surface area contributed by atoms with Gasteiger partial charge in [0.25, 0.3) is 0 Å². The Kier molecular flexibility index (Phi) is 5.65. The van der Waals surface area contributed by atoms with Gasteiger partial charge in [-0.05, 0) is 46.7 Å². The molecule has 1 amide bonds. The number of benzene rings is 3. The average molecular weight is 423 g/mol. The molecule has 0 spiro atoms. The molecule has 1 N–H and O–H groups in total. The molecule has 0 atom stereocenters. The monoisotopic (exact) mass is 422 g/mol. The van der Waals surface area contributed by atoms with Crippen molar-refractivity contribution in [2.24, 2.45) is 5.10 Å². The number of rotatable bonds is 5. The van der Waals surface area contributed by atoms with Crippen LogP contribution in [0.15, 0.2) is 82.3 Å². The van der Waals surface area contributed by atoms with Crippen LogP contribution in [-0.2, 0) is 11.2 Å². The molecule has 0 aliphatic carbocycles. The average Bonchev–Trinajstić information content (AvgIpc) is 3.19. The summed E-state index contributed by atoms with van der Waals surface area (Å²) >= 11 is 12.2. The molecule has 4 nitrogen and oxygen atoms in total. The molecule has 6 heteroatoms. The highest BCUT2D eigenvalue weighted by molar-refractivity contribution is 6.35. The second-order valence-corrected chi connectivity index (χ2v) is 7.28. The van der Waals surface area contributed by atoms with Crippen molar-refractivity contribution in [1.82, 2.24) is 5.43 Å². The van der Waals surface area contributed by atoms with Crippen LogP contribution in [0, 0.1) is 0 Å². The first-order valence-corrected chi connectivity index (χ1v) is 9.69. The molecule has 0 aliphatic rings. The number of hydrazone groups is 1. The van der Waals surface area contributed by atoms with Crippen molar-refractivity contribution < 1.29 is 9.21 Å². The van der Waals surface area contributed by atoms with Gasteiger partial charge in [-0.25, -0.2) is 5.43 Å². The van der Waals surface area contributed by atoms with Crippen molar-refractivity contribution in [3.05, 3.63) is 94.2 Å². The Balaban J connectivity index is 1.42. The van der Waals surface area contributed by atoms with Crippen LogP contribution in [-0.4, -0.2) is 12.1 Å². The number of nitrogens with zero attached hydrogens (tertiary/aromatic N) is 1. The molecule has 0 radical (unpaired) electrons. The van der Waals surface area contributed by atoms with Gasteiger partial charge in [-0.3, -0.25) is 4.79 Å². The zero-order valence-corrected chi connectivity index (χ0v) is 16.7. The van der Waals surface area contributed by atoms with Gasteiger partial charge in [0, 0.05) is 10.6 Å². The molecule has 0 fully saturated rings. The van der Waals surface area contributed by atoms with Crippen LogP contribution in [0.3, 0.4) is 0 Å². The predicted octanol–water partition coefficient (Wildman–Crippen LogP) is 6.10. The minimum absolute atomic E-state index is 0.206. The molecule has 0 unspecified atom stereocenters. The third kappa shape index (κ3) is 4.50. The van der Waals surface area contributed by atoms with E-state index in [0.29, 0.717) is 27.1 Å². The molecule has 0 aliphatic heterocycles. The van der Waals surface area contributed by atoms with E-state index >= 15 is 0 Å². The van der Waals surface area contributed by atoms with Crippen LogP contribution in [0.25, 0.3) is 22.1 Å². The summed E-state index contributed by atoms with van der Waals surface area (Å²) in [6.07, 6.45) is 1.68. The van der Waals surface area contributed by atoms with Crippen LogP contribution in [0.1, 0.15) is 11.3 Å². The smallest absolute Gasteiger partial charge is 0.244 e. The Morgan fingerprint density at radius 3 is 2.72 bits per heavy atom. The third-order valence-corrected chi connectivity index (χ3v) is 5.00. The minimum atomic E-state index is -0.206. The highest BCUT2D eigenvalue weighted by Gasteiger charge is 2.09. The molecule has 0 saturated carbocycles. The fraction of sp³-hybridized carbons (Fsp3) is 0.0435. The van der Waals surface area contributed by atoms with Crippen molar-refractivity contribution in [3.63, 3.8) is 0 Å². The molecule has 0 saturated heterocycles. The number of furan rings is 1. The summed E-state index contributed by atoms with van der Waals surface area (Å²) in [5, 5.41) is 7.25. The first-order chi connectivity index (χ1) is 14.1. The number of nitrogens with one attached hydrogen (secondary N) is 1. The second kappa shape index (κ2) is 8.52. The van der Waals surface area contributed by atoms with E-state index in [1.54, 1.807) is 30.3 Å². The van der Waals surface area contributed by atoms with Gasteiger partial charge in [0.2, 0.25) is 5.91 Å². The van der Waals surface area contributed by atoms with Gasteiger partial charge in [-0.15, -0.1) is 0 Å². The number of amides is 1. The Labute approximate surface area is 177 Å². The van der Waals surface area contributed by atoms with E-state index in [0.717, 1.165) is 16.3 Å². The number of carbonyl (C=O) groups excluding carboxylic acids is 1. The lowest BCUT2D eigenvalue weighted by molar-refractivity contribution is -0.120. The topological polar surface area (TPSA) is 54.6 Å². The predicted molar refractivity (Wildman–Crippen MR) is 118 cm³/mol. The van der Waals surface area contributed by atoms with Gasteiger partial charge in [0.05, 0.1) is 17.7 Å². The summed E-state index contributed by atoms with van der Waals surface area (Å²) < 4.78 is 5.72. The van der Waals surface area contributed by atoms with Gasteiger partial charge in [0.1, 0.15) is 11.5 Å². The summed E-state index contributed by atoms with van der Waals surface area (Å²) in [6, 6.07) is 22.6. The van der Waals surface area contributed by atoms with Gasteiger partial charge < -0.3 is 4.42 Å². The fourth-order valence-electron chi connectivity index (χ4n) is 3.08. The van der Waals surface area contributed by atoms with Gasteiger partial charge >= 0.3 is 0 Å². The summed E-state index contributed by atoms with van der Waals surface area (Å²) in [5.41, 5.74) is 4.18. The summed E-state index contributed by atoms with van der Waals surface area (Å²) in [4.78, 5) is 12.3. The number of halogens is 2. The van der Waals surface area contributed by atoms with E-state index in [2.05, 4.69) is 10.5 Å². The van der Waals surface area contributed by atoms with Crippen LogP contribution in [0.4, 0.5) is 0 Å². The molecule has 29 heavy (non-hydrogen) atoms. The SMILES string of the molecule is O=C(Cc1cccc2ccccc12)N/N=C\c1ccc(-c2cc(Cl)ccc2Cl)o1. The third-order valence-electron chi connectivity index (χ3n) is 4.43. The Bertz CT molecular complexity index is 1210. The second-order valence-electron chi connectivity index (χ2n) is 6.43. The quantitative estimate of drug-likeness (QED) is 0.312. The van der Waals surface area contributed by atoms with E-state index < -0.39 is 0 Å². The highest BCUT2D eigenvalue weighted by atomic mass is 35.5. The molecular weight excluding hydrogens is 407 g/mol. The number of fused-ring (bicyclic) bond motifs is 1. The number of carbonyl (C=O) groups is 1. The Morgan fingerprint density at radius 1 is 1.00 bits per heavy atom. The molecular formula is C23H16Cl2N2O2.